The van der Waals surface area contributed by atoms with Crippen LogP contribution in [0.3, 0.4) is 0 Å². The van der Waals surface area contributed by atoms with Crippen molar-refractivity contribution in [3.63, 3.8) is 0 Å². The highest BCUT2D eigenvalue weighted by molar-refractivity contribution is 5.51. The van der Waals surface area contributed by atoms with Crippen LogP contribution in [0, 0.1) is 12.7 Å². The summed E-state index contributed by atoms with van der Waals surface area (Å²) in [6.45, 7) is 4.37. The maximum atomic E-state index is 13.6. The molecule has 1 aromatic heterocycles. The Kier molecular flexibility index (Phi) is 4.68. The summed E-state index contributed by atoms with van der Waals surface area (Å²) >= 11 is 0. The van der Waals surface area contributed by atoms with E-state index in [1.807, 2.05) is 18.5 Å². The minimum atomic E-state index is -0.188. The molecule has 0 N–H and O–H groups in total. The van der Waals surface area contributed by atoms with E-state index in [4.69, 9.17) is 4.74 Å². The van der Waals surface area contributed by atoms with Crippen LogP contribution in [0.2, 0.25) is 0 Å². The van der Waals surface area contributed by atoms with Crippen molar-refractivity contribution in [2.45, 2.75) is 32.5 Å². The van der Waals surface area contributed by atoms with E-state index >= 15 is 0 Å². The summed E-state index contributed by atoms with van der Waals surface area (Å²) < 4.78 is 19.5. The summed E-state index contributed by atoms with van der Waals surface area (Å²) in [4.78, 5) is 6.51. The van der Waals surface area contributed by atoms with Gasteiger partial charge in [0, 0.05) is 36.7 Å². The number of hydrogen-bond acceptors (Lipinski definition) is 3. The number of nitrogens with zero attached hydrogens (tertiary/aromatic N) is 2. The molecule has 0 atom stereocenters. The van der Waals surface area contributed by atoms with E-state index in [-0.39, 0.29) is 11.9 Å². The number of anilines is 1. The van der Waals surface area contributed by atoms with Crippen molar-refractivity contribution in [2.24, 2.45) is 0 Å². The second-order valence-corrected chi connectivity index (χ2v) is 5.75. The molecule has 1 aliphatic heterocycles. The van der Waals surface area contributed by atoms with E-state index in [9.17, 15) is 4.39 Å². The van der Waals surface area contributed by atoms with E-state index in [0.717, 1.165) is 25.9 Å². The molecule has 2 aromatic rings. The average Bonchev–Trinajstić information content (AvgIpc) is 2.55. The normalized spacial score (nSPS) is 16.0. The number of aryl methyl sites for hydroxylation is 1. The lowest BCUT2D eigenvalue weighted by molar-refractivity contribution is 0.0238. The minimum absolute atomic E-state index is 0.188. The van der Waals surface area contributed by atoms with E-state index in [1.54, 1.807) is 12.1 Å². The second-order valence-electron chi connectivity index (χ2n) is 5.75. The highest BCUT2D eigenvalue weighted by Gasteiger charge is 2.21. The molecule has 1 aromatic carbocycles. The van der Waals surface area contributed by atoms with Gasteiger partial charge in [-0.05, 0) is 37.5 Å². The molecule has 3 nitrogen and oxygen atoms in total. The summed E-state index contributed by atoms with van der Waals surface area (Å²) in [5, 5.41) is 0. The van der Waals surface area contributed by atoms with Crippen molar-refractivity contribution in [3.05, 3.63) is 59.7 Å². The van der Waals surface area contributed by atoms with Gasteiger partial charge in [-0.3, -0.25) is 4.98 Å². The average molecular weight is 300 g/mol. The van der Waals surface area contributed by atoms with Crippen molar-refractivity contribution >= 4 is 5.69 Å². The molecule has 0 amide bonds. The summed E-state index contributed by atoms with van der Waals surface area (Å²) in [7, 11) is 0. The molecule has 2 heterocycles. The first-order chi connectivity index (χ1) is 10.7. The lowest BCUT2D eigenvalue weighted by Crippen LogP contribution is -2.37. The standard InChI is InChI=1S/C18H21FN2O/c1-14-12-20-9-6-18(14)21-10-7-16(8-11-21)22-13-15-4-2-3-5-17(15)19/h2-6,9,12,16H,7-8,10-11,13H2,1H3. The molecule has 1 fully saturated rings. The van der Waals surface area contributed by atoms with Gasteiger partial charge in [0.1, 0.15) is 5.82 Å². The minimum Gasteiger partial charge on any atom is -0.373 e. The van der Waals surface area contributed by atoms with Gasteiger partial charge in [-0.1, -0.05) is 18.2 Å². The van der Waals surface area contributed by atoms with Crippen molar-refractivity contribution < 1.29 is 9.13 Å². The molecular formula is C18H21FN2O. The van der Waals surface area contributed by atoms with Gasteiger partial charge in [-0.25, -0.2) is 4.39 Å². The molecule has 116 valence electrons. The van der Waals surface area contributed by atoms with E-state index in [1.165, 1.54) is 17.3 Å². The third kappa shape index (κ3) is 3.45. The first-order valence-electron chi connectivity index (χ1n) is 7.74. The van der Waals surface area contributed by atoms with Gasteiger partial charge >= 0.3 is 0 Å². The van der Waals surface area contributed by atoms with Crippen LogP contribution in [-0.2, 0) is 11.3 Å². The Morgan fingerprint density at radius 2 is 2.00 bits per heavy atom. The number of hydrogen-bond donors (Lipinski definition) is 0. The van der Waals surface area contributed by atoms with Crippen LogP contribution in [0.4, 0.5) is 10.1 Å². The maximum Gasteiger partial charge on any atom is 0.128 e. The topological polar surface area (TPSA) is 25.4 Å². The van der Waals surface area contributed by atoms with Crippen molar-refractivity contribution in [3.8, 4) is 0 Å². The van der Waals surface area contributed by atoms with Gasteiger partial charge < -0.3 is 9.64 Å². The number of ether oxygens (including phenoxy) is 1. The highest BCUT2D eigenvalue weighted by Crippen LogP contribution is 2.24. The molecule has 0 aliphatic carbocycles. The molecule has 1 saturated heterocycles. The zero-order valence-electron chi connectivity index (χ0n) is 12.8. The van der Waals surface area contributed by atoms with Crippen molar-refractivity contribution in [2.75, 3.05) is 18.0 Å². The molecule has 0 bridgehead atoms. The van der Waals surface area contributed by atoms with Crippen LogP contribution >= 0.6 is 0 Å². The Labute approximate surface area is 130 Å². The van der Waals surface area contributed by atoms with Crippen LogP contribution in [0.25, 0.3) is 0 Å². The van der Waals surface area contributed by atoms with Crippen molar-refractivity contribution in [1.29, 1.82) is 0 Å². The Morgan fingerprint density at radius 3 is 2.73 bits per heavy atom. The quantitative estimate of drug-likeness (QED) is 0.860. The molecule has 0 saturated carbocycles. The summed E-state index contributed by atoms with van der Waals surface area (Å²) in [5.41, 5.74) is 3.09. The van der Waals surface area contributed by atoms with Gasteiger partial charge in [-0.2, -0.15) is 0 Å². The summed E-state index contributed by atoms with van der Waals surface area (Å²) in [6, 6.07) is 8.87. The number of pyridine rings is 1. The predicted octanol–water partition coefficient (Wildman–Crippen LogP) is 3.71. The molecule has 1 aliphatic rings. The van der Waals surface area contributed by atoms with E-state index in [0.29, 0.717) is 12.2 Å². The summed E-state index contributed by atoms with van der Waals surface area (Å²) in [6.07, 6.45) is 5.88. The molecule has 0 spiro atoms. The first kappa shape index (κ1) is 15.0. The molecule has 0 unspecified atom stereocenters. The largest absolute Gasteiger partial charge is 0.373 e. The fourth-order valence-electron chi connectivity index (χ4n) is 2.91. The molecule has 3 rings (SSSR count). The number of benzene rings is 1. The SMILES string of the molecule is Cc1cnccc1N1CCC(OCc2ccccc2F)CC1. The fourth-order valence-corrected chi connectivity index (χ4v) is 2.91. The first-order valence-corrected chi connectivity index (χ1v) is 7.74. The smallest absolute Gasteiger partial charge is 0.128 e. The Balaban J connectivity index is 1.52. The lowest BCUT2D eigenvalue weighted by Gasteiger charge is -2.34. The molecule has 4 heteroatoms. The monoisotopic (exact) mass is 300 g/mol. The zero-order chi connectivity index (χ0) is 15.4. The Morgan fingerprint density at radius 1 is 1.23 bits per heavy atom. The maximum absolute atomic E-state index is 13.6. The van der Waals surface area contributed by atoms with Crippen LogP contribution in [0.5, 0.6) is 0 Å². The molecular weight excluding hydrogens is 279 g/mol. The highest BCUT2D eigenvalue weighted by atomic mass is 19.1. The Bertz CT molecular complexity index is 624. The van der Waals surface area contributed by atoms with Crippen LogP contribution in [-0.4, -0.2) is 24.2 Å². The third-order valence-corrected chi connectivity index (χ3v) is 4.21. The van der Waals surface area contributed by atoms with Crippen LogP contribution in [0.1, 0.15) is 24.0 Å². The van der Waals surface area contributed by atoms with Gasteiger partial charge in [0.2, 0.25) is 0 Å². The number of halogens is 1. The van der Waals surface area contributed by atoms with Crippen LogP contribution < -0.4 is 4.90 Å². The molecule has 22 heavy (non-hydrogen) atoms. The summed E-state index contributed by atoms with van der Waals surface area (Å²) in [5.74, 6) is -0.188. The fraction of sp³-hybridized carbons (Fsp3) is 0.389. The number of rotatable bonds is 4. The van der Waals surface area contributed by atoms with E-state index < -0.39 is 0 Å². The van der Waals surface area contributed by atoms with Gasteiger partial charge in [-0.15, -0.1) is 0 Å². The predicted molar refractivity (Wildman–Crippen MR) is 85.4 cm³/mol. The van der Waals surface area contributed by atoms with Crippen molar-refractivity contribution in [1.82, 2.24) is 4.98 Å². The third-order valence-electron chi connectivity index (χ3n) is 4.21. The number of piperidine rings is 1. The second kappa shape index (κ2) is 6.88. The zero-order valence-corrected chi connectivity index (χ0v) is 12.8. The van der Waals surface area contributed by atoms with Gasteiger partial charge in [0.25, 0.3) is 0 Å². The lowest BCUT2D eigenvalue weighted by atomic mass is 10.1. The van der Waals surface area contributed by atoms with Gasteiger partial charge in [0.05, 0.1) is 12.7 Å². The van der Waals surface area contributed by atoms with E-state index in [2.05, 4.69) is 22.9 Å². The molecule has 0 radical (unpaired) electrons. The number of aromatic nitrogens is 1. The Hall–Kier alpha value is -1.94. The van der Waals surface area contributed by atoms with Gasteiger partial charge in [0.15, 0.2) is 0 Å². The van der Waals surface area contributed by atoms with Crippen LogP contribution in [0.15, 0.2) is 42.7 Å².